The van der Waals surface area contributed by atoms with Crippen LogP contribution in [0.1, 0.15) is 40.5 Å². The molecule has 0 aromatic heterocycles. The Morgan fingerprint density at radius 1 is 0.651 bits per heavy atom. The van der Waals surface area contributed by atoms with Gasteiger partial charge >= 0.3 is 11.9 Å². The SMILES string of the molecule is C=CC(=O)OCCOCCOc1ccc(OCCOC(=O)C2CC3c4ccccc4C2c2ccccc23)c2ccccc12. The number of fused-ring (bicyclic) bond motifs is 2. The van der Waals surface area contributed by atoms with E-state index >= 15 is 0 Å². The van der Waals surface area contributed by atoms with Gasteiger partial charge in [-0.15, -0.1) is 0 Å². The molecular weight excluding hydrogens is 544 g/mol. The van der Waals surface area contributed by atoms with Gasteiger partial charge in [-0.05, 0) is 40.8 Å². The lowest BCUT2D eigenvalue weighted by molar-refractivity contribution is -0.150. The topological polar surface area (TPSA) is 80.3 Å². The Bertz CT molecular complexity index is 1580. The fraction of sp³-hybridized carbons (Fsp3) is 0.278. The Kier molecular flexibility index (Phi) is 8.70. The maximum Gasteiger partial charge on any atom is 0.330 e. The molecule has 7 heteroatoms. The van der Waals surface area contributed by atoms with E-state index in [0.717, 1.165) is 23.3 Å². The van der Waals surface area contributed by atoms with E-state index in [2.05, 4.69) is 55.1 Å². The molecule has 2 bridgehead atoms. The van der Waals surface area contributed by atoms with Gasteiger partial charge in [-0.1, -0.05) is 79.4 Å². The maximum absolute atomic E-state index is 13.4. The molecule has 0 radical (unpaired) electrons. The number of rotatable bonds is 13. The van der Waals surface area contributed by atoms with Crippen LogP contribution in [0.15, 0.2) is 97.6 Å². The van der Waals surface area contributed by atoms with Gasteiger partial charge in [-0.3, -0.25) is 4.79 Å². The number of hydrogen-bond acceptors (Lipinski definition) is 7. The molecule has 43 heavy (non-hydrogen) atoms. The van der Waals surface area contributed by atoms with Crippen molar-refractivity contribution in [3.8, 4) is 11.5 Å². The minimum Gasteiger partial charge on any atom is -0.491 e. The Labute approximate surface area is 251 Å². The molecule has 0 N–H and O–H groups in total. The Morgan fingerprint density at radius 2 is 1.16 bits per heavy atom. The van der Waals surface area contributed by atoms with E-state index in [4.69, 9.17) is 23.7 Å². The van der Waals surface area contributed by atoms with Gasteiger partial charge in [0, 0.05) is 28.7 Å². The molecule has 0 fully saturated rings. The van der Waals surface area contributed by atoms with E-state index in [1.54, 1.807) is 0 Å². The zero-order valence-corrected chi connectivity index (χ0v) is 23.9. The molecule has 0 amide bonds. The van der Waals surface area contributed by atoms with E-state index in [9.17, 15) is 9.59 Å². The summed E-state index contributed by atoms with van der Waals surface area (Å²) in [5.41, 5.74) is 5.14. The Hall–Kier alpha value is -4.62. The number of hydrogen-bond donors (Lipinski definition) is 0. The zero-order valence-electron chi connectivity index (χ0n) is 23.9. The van der Waals surface area contributed by atoms with Crippen LogP contribution in [-0.4, -0.2) is 51.6 Å². The summed E-state index contributed by atoms with van der Waals surface area (Å²) in [6, 6.07) is 28.5. The molecule has 7 rings (SSSR count). The molecule has 7 nitrogen and oxygen atoms in total. The van der Waals surface area contributed by atoms with Crippen molar-refractivity contribution in [2.24, 2.45) is 5.92 Å². The molecule has 220 valence electrons. The highest BCUT2D eigenvalue weighted by molar-refractivity contribution is 5.93. The monoisotopic (exact) mass is 578 g/mol. The number of benzene rings is 4. The molecule has 1 atom stereocenters. The van der Waals surface area contributed by atoms with Gasteiger partial charge < -0.3 is 23.7 Å². The summed E-state index contributed by atoms with van der Waals surface area (Å²) < 4.78 is 28.2. The molecule has 4 aromatic rings. The van der Waals surface area contributed by atoms with Crippen LogP contribution in [0.4, 0.5) is 0 Å². The van der Waals surface area contributed by atoms with Crippen molar-refractivity contribution in [1.82, 2.24) is 0 Å². The standard InChI is InChI=1S/C36H34O7/c1-2-34(37)42-20-18-39-17-19-40-32-15-16-33(27-12-6-5-11-26(27)32)41-21-22-43-36(38)31-23-30-24-9-3-7-13-28(24)35(31)29-14-8-4-10-25(29)30/h2-16,30-31,35H,1,17-23H2. The lowest BCUT2D eigenvalue weighted by Gasteiger charge is -2.44. The fourth-order valence-electron chi connectivity index (χ4n) is 6.34. The second-order valence-electron chi connectivity index (χ2n) is 10.6. The summed E-state index contributed by atoms with van der Waals surface area (Å²) in [6.07, 6.45) is 1.88. The van der Waals surface area contributed by atoms with E-state index in [1.807, 2.05) is 36.4 Å². The van der Waals surface area contributed by atoms with Crippen molar-refractivity contribution in [3.05, 3.63) is 120 Å². The summed E-state index contributed by atoms with van der Waals surface area (Å²) in [7, 11) is 0. The Morgan fingerprint density at radius 3 is 1.77 bits per heavy atom. The number of carbonyl (C=O) groups is 2. The molecule has 0 heterocycles. The van der Waals surface area contributed by atoms with Crippen LogP contribution < -0.4 is 9.47 Å². The molecule has 0 spiro atoms. The van der Waals surface area contributed by atoms with Crippen LogP contribution >= 0.6 is 0 Å². The Balaban J connectivity index is 1.02. The molecule has 1 unspecified atom stereocenters. The van der Waals surface area contributed by atoms with Crippen molar-refractivity contribution in [2.45, 2.75) is 18.3 Å². The van der Waals surface area contributed by atoms with E-state index in [0.29, 0.717) is 24.7 Å². The highest BCUT2D eigenvalue weighted by Crippen LogP contribution is 2.55. The van der Waals surface area contributed by atoms with Gasteiger partial charge in [0.25, 0.3) is 0 Å². The minimum atomic E-state index is -0.472. The first-order chi connectivity index (χ1) is 21.2. The normalized spacial score (nSPS) is 17.9. The number of esters is 2. The molecule has 4 aromatic carbocycles. The van der Waals surface area contributed by atoms with Gasteiger partial charge in [0.15, 0.2) is 0 Å². The first-order valence-electron chi connectivity index (χ1n) is 14.6. The van der Waals surface area contributed by atoms with Crippen LogP contribution in [0.25, 0.3) is 10.8 Å². The largest absolute Gasteiger partial charge is 0.491 e. The van der Waals surface area contributed by atoms with Crippen molar-refractivity contribution in [3.63, 3.8) is 0 Å². The summed E-state index contributed by atoms with van der Waals surface area (Å²) in [5, 5.41) is 1.81. The highest BCUT2D eigenvalue weighted by Gasteiger charge is 2.46. The fourth-order valence-corrected chi connectivity index (χ4v) is 6.34. The molecule has 0 saturated carbocycles. The predicted octanol–water partition coefficient (Wildman–Crippen LogP) is 6.18. The third kappa shape index (κ3) is 5.99. The van der Waals surface area contributed by atoms with Gasteiger partial charge in [0.05, 0.1) is 19.1 Å². The summed E-state index contributed by atoms with van der Waals surface area (Å²) in [6.45, 7) is 4.91. The van der Waals surface area contributed by atoms with E-state index in [-0.39, 0.29) is 50.2 Å². The summed E-state index contributed by atoms with van der Waals surface area (Å²) >= 11 is 0. The van der Waals surface area contributed by atoms with Gasteiger partial charge in [0.2, 0.25) is 0 Å². The lowest BCUT2D eigenvalue weighted by Crippen LogP contribution is -2.37. The van der Waals surface area contributed by atoms with Gasteiger partial charge in [-0.25, -0.2) is 4.79 Å². The predicted molar refractivity (Wildman–Crippen MR) is 163 cm³/mol. The van der Waals surface area contributed by atoms with Crippen LogP contribution in [0, 0.1) is 5.92 Å². The molecule has 0 saturated heterocycles. The van der Waals surface area contributed by atoms with Crippen LogP contribution in [0.3, 0.4) is 0 Å². The molecular formula is C36H34O7. The third-order valence-electron chi connectivity index (χ3n) is 8.16. The quantitative estimate of drug-likeness (QED) is 0.106. The van der Waals surface area contributed by atoms with E-state index in [1.165, 1.54) is 22.3 Å². The third-order valence-corrected chi connectivity index (χ3v) is 8.16. The minimum absolute atomic E-state index is 0.0162. The average Bonchev–Trinajstić information content (AvgIpc) is 3.06. The van der Waals surface area contributed by atoms with Crippen molar-refractivity contribution >= 4 is 22.7 Å². The van der Waals surface area contributed by atoms with Crippen LogP contribution in [0.5, 0.6) is 11.5 Å². The van der Waals surface area contributed by atoms with Crippen molar-refractivity contribution in [2.75, 3.05) is 39.6 Å². The molecule has 3 aliphatic rings. The second kappa shape index (κ2) is 13.1. The first-order valence-corrected chi connectivity index (χ1v) is 14.6. The van der Waals surface area contributed by atoms with Crippen molar-refractivity contribution < 1.29 is 33.3 Å². The summed E-state index contributed by atoms with van der Waals surface area (Å²) in [4.78, 5) is 24.4. The van der Waals surface area contributed by atoms with Gasteiger partial charge in [0.1, 0.15) is 37.9 Å². The lowest BCUT2D eigenvalue weighted by atomic mass is 9.59. The van der Waals surface area contributed by atoms with Crippen LogP contribution in [0.2, 0.25) is 0 Å². The average molecular weight is 579 g/mol. The first kappa shape index (κ1) is 28.5. The highest BCUT2D eigenvalue weighted by atomic mass is 16.6. The molecule has 0 aliphatic heterocycles. The number of carbonyl (C=O) groups excluding carboxylic acids is 2. The van der Waals surface area contributed by atoms with E-state index < -0.39 is 5.97 Å². The second-order valence-corrected chi connectivity index (χ2v) is 10.6. The molecule has 3 aliphatic carbocycles. The van der Waals surface area contributed by atoms with Crippen molar-refractivity contribution in [1.29, 1.82) is 0 Å². The maximum atomic E-state index is 13.4. The smallest absolute Gasteiger partial charge is 0.330 e. The summed E-state index contributed by atoms with van der Waals surface area (Å²) in [5.74, 6) is 0.785. The van der Waals surface area contributed by atoms with Gasteiger partial charge in [-0.2, -0.15) is 0 Å². The number of ether oxygens (including phenoxy) is 5. The zero-order chi connectivity index (χ0) is 29.6. The van der Waals surface area contributed by atoms with Crippen LogP contribution in [-0.2, 0) is 23.8 Å².